The van der Waals surface area contributed by atoms with Crippen LogP contribution in [0.2, 0.25) is 5.02 Å². The van der Waals surface area contributed by atoms with Crippen molar-refractivity contribution in [1.29, 1.82) is 0 Å². The second kappa shape index (κ2) is 3.66. The summed E-state index contributed by atoms with van der Waals surface area (Å²) in [7, 11) is 0. The molecule has 0 saturated carbocycles. The van der Waals surface area contributed by atoms with Crippen molar-refractivity contribution in [3.8, 4) is 0 Å². The number of carbonyl (C=O) groups excluding carboxylic acids is 1. The topological polar surface area (TPSA) is 38.3 Å². The fourth-order valence-electron chi connectivity index (χ4n) is 1.35. The molecule has 1 aliphatic rings. The Labute approximate surface area is 89.0 Å². The molecule has 80 valence electrons. The van der Waals surface area contributed by atoms with Gasteiger partial charge in [-0.2, -0.15) is 0 Å². The molecule has 0 bridgehead atoms. The predicted octanol–water partition coefficient (Wildman–Crippen LogP) is 2.40. The van der Waals surface area contributed by atoms with Gasteiger partial charge in [0, 0.05) is 5.56 Å². The first-order valence-corrected chi connectivity index (χ1v) is 4.55. The average molecular weight is 234 g/mol. The number of ether oxygens (including phenoxy) is 1. The fraction of sp³-hybridized carbons (Fsp3) is 0.222. The highest BCUT2D eigenvalue weighted by atomic mass is 35.5. The maximum Gasteiger partial charge on any atom is 0.407 e. The fourth-order valence-corrected chi connectivity index (χ4v) is 1.52. The first-order chi connectivity index (χ1) is 7.09. The van der Waals surface area contributed by atoms with Crippen LogP contribution in [0.25, 0.3) is 0 Å². The maximum atomic E-state index is 13.5. The summed E-state index contributed by atoms with van der Waals surface area (Å²) in [5.74, 6) is -1.73. The SMILES string of the molecule is O=C1NCC(c2ccc(F)c(Cl)c2F)O1. The van der Waals surface area contributed by atoms with Crippen molar-refractivity contribution in [3.63, 3.8) is 0 Å². The molecule has 3 nitrogen and oxygen atoms in total. The molecule has 2 rings (SSSR count). The van der Waals surface area contributed by atoms with Gasteiger partial charge in [-0.1, -0.05) is 11.6 Å². The molecule has 1 fully saturated rings. The number of hydrogen-bond acceptors (Lipinski definition) is 2. The summed E-state index contributed by atoms with van der Waals surface area (Å²) in [6.45, 7) is 0.151. The quantitative estimate of drug-likeness (QED) is 0.757. The highest BCUT2D eigenvalue weighted by Gasteiger charge is 2.28. The van der Waals surface area contributed by atoms with Crippen LogP contribution >= 0.6 is 11.6 Å². The van der Waals surface area contributed by atoms with Gasteiger partial charge in [0.05, 0.1) is 6.54 Å². The molecule has 0 radical (unpaired) electrons. The minimum absolute atomic E-state index is 0.0692. The predicted molar refractivity (Wildman–Crippen MR) is 48.6 cm³/mol. The van der Waals surface area contributed by atoms with E-state index in [-0.39, 0.29) is 12.1 Å². The molecular formula is C9H6ClF2NO2. The third kappa shape index (κ3) is 1.74. The van der Waals surface area contributed by atoms with Gasteiger partial charge < -0.3 is 10.1 Å². The van der Waals surface area contributed by atoms with Crippen LogP contribution in [0.1, 0.15) is 11.7 Å². The Morgan fingerprint density at radius 2 is 2.20 bits per heavy atom. The van der Waals surface area contributed by atoms with Crippen LogP contribution in [0.3, 0.4) is 0 Å². The minimum Gasteiger partial charge on any atom is -0.439 e. The van der Waals surface area contributed by atoms with E-state index in [1.54, 1.807) is 0 Å². The molecule has 0 aliphatic carbocycles. The van der Waals surface area contributed by atoms with Gasteiger partial charge in [-0.3, -0.25) is 0 Å². The molecule has 1 heterocycles. The van der Waals surface area contributed by atoms with Crippen LogP contribution in [0.5, 0.6) is 0 Å². The Morgan fingerprint density at radius 1 is 1.47 bits per heavy atom. The Morgan fingerprint density at radius 3 is 2.80 bits per heavy atom. The number of benzene rings is 1. The largest absolute Gasteiger partial charge is 0.439 e. The smallest absolute Gasteiger partial charge is 0.407 e. The van der Waals surface area contributed by atoms with Gasteiger partial charge >= 0.3 is 6.09 Å². The van der Waals surface area contributed by atoms with E-state index < -0.39 is 28.9 Å². The van der Waals surface area contributed by atoms with Gasteiger partial charge in [0.1, 0.15) is 16.9 Å². The molecule has 1 N–H and O–H groups in total. The number of alkyl carbamates (subject to hydrolysis) is 1. The van der Waals surface area contributed by atoms with E-state index in [2.05, 4.69) is 5.32 Å². The first kappa shape index (κ1) is 10.2. The third-order valence-electron chi connectivity index (χ3n) is 2.09. The summed E-state index contributed by atoms with van der Waals surface area (Å²) in [6.07, 6.45) is -1.38. The van der Waals surface area contributed by atoms with Crippen LogP contribution < -0.4 is 5.32 Å². The Hall–Kier alpha value is -1.36. The molecule has 1 atom stereocenters. The number of nitrogens with one attached hydrogen (secondary N) is 1. The van der Waals surface area contributed by atoms with Crippen molar-refractivity contribution in [2.75, 3.05) is 6.54 Å². The number of amides is 1. The van der Waals surface area contributed by atoms with Crippen LogP contribution in [0, 0.1) is 11.6 Å². The molecule has 6 heteroatoms. The van der Waals surface area contributed by atoms with E-state index in [1.165, 1.54) is 6.07 Å². The van der Waals surface area contributed by atoms with Gasteiger partial charge in [0.15, 0.2) is 5.82 Å². The number of halogens is 3. The number of cyclic esters (lactones) is 1. The maximum absolute atomic E-state index is 13.5. The molecule has 15 heavy (non-hydrogen) atoms. The van der Waals surface area contributed by atoms with Crippen LogP contribution in [0.15, 0.2) is 12.1 Å². The lowest BCUT2D eigenvalue weighted by Crippen LogP contribution is -2.12. The van der Waals surface area contributed by atoms with Gasteiger partial charge in [-0.15, -0.1) is 0 Å². The summed E-state index contributed by atoms with van der Waals surface area (Å²) in [4.78, 5) is 10.7. The number of rotatable bonds is 1. The van der Waals surface area contributed by atoms with E-state index in [0.717, 1.165) is 6.07 Å². The zero-order chi connectivity index (χ0) is 11.0. The zero-order valence-corrected chi connectivity index (χ0v) is 8.15. The molecule has 1 amide bonds. The second-order valence-electron chi connectivity index (χ2n) is 3.04. The molecule has 1 aromatic carbocycles. The summed E-state index contributed by atoms with van der Waals surface area (Å²) < 4.78 is 31.0. The highest BCUT2D eigenvalue weighted by Crippen LogP contribution is 2.29. The van der Waals surface area contributed by atoms with Crippen molar-refractivity contribution in [2.24, 2.45) is 0 Å². The summed E-state index contributed by atoms with van der Waals surface area (Å²) in [5.41, 5.74) is 0.0692. The lowest BCUT2D eigenvalue weighted by molar-refractivity contribution is 0.139. The Kier molecular flexibility index (Phi) is 2.48. The van der Waals surface area contributed by atoms with Crippen molar-refractivity contribution in [2.45, 2.75) is 6.10 Å². The molecule has 1 unspecified atom stereocenters. The average Bonchev–Trinajstić information content (AvgIpc) is 2.61. The van der Waals surface area contributed by atoms with Gasteiger partial charge in [-0.05, 0) is 12.1 Å². The molecule has 1 saturated heterocycles. The molecule has 1 aliphatic heterocycles. The number of hydrogen-bond donors (Lipinski definition) is 1. The Bertz CT molecular complexity index is 425. The van der Waals surface area contributed by atoms with Crippen LogP contribution in [0.4, 0.5) is 13.6 Å². The molecule has 0 spiro atoms. The third-order valence-corrected chi connectivity index (χ3v) is 2.44. The second-order valence-corrected chi connectivity index (χ2v) is 3.42. The van der Waals surface area contributed by atoms with Crippen molar-refractivity contribution in [1.82, 2.24) is 5.32 Å². The monoisotopic (exact) mass is 233 g/mol. The van der Waals surface area contributed by atoms with E-state index in [0.29, 0.717) is 0 Å². The molecular weight excluding hydrogens is 228 g/mol. The van der Waals surface area contributed by atoms with E-state index in [9.17, 15) is 13.6 Å². The van der Waals surface area contributed by atoms with Gasteiger partial charge in [0.25, 0.3) is 0 Å². The van der Waals surface area contributed by atoms with E-state index >= 15 is 0 Å². The van der Waals surface area contributed by atoms with E-state index in [4.69, 9.17) is 16.3 Å². The van der Waals surface area contributed by atoms with Crippen molar-refractivity contribution in [3.05, 3.63) is 34.4 Å². The number of carbonyl (C=O) groups is 1. The lowest BCUT2D eigenvalue weighted by atomic mass is 10.1. The summed E-state index contributed by atoms with van der Waals surface area (Å²) >= 11 is 5.39. The summed E-state index contributed by atoms with van der Waals surface area (Å²) in [6, 6.07) is 2.24. The zero-order valence-electron chi connectivity index (χ0n) is 7.39. The van der Waals surface area contributed by atoms with Crippen LogP contribution in [-0.4, -0.2) is 12.6 Å². The first-order valence-electron chi connectivity index (χ1n) is 4.17. The summed E-state index contributed by atoms with van der Waals surface area (Å²) in [5, 5.41) is 1.78. The minimum atomic E-state index is -0.891. The normalized spacial score (nSPS) is 19.9. The lowest BCUT2D eigenvalue weighted by Gasteiger charge is -2.10. The van der Waals surface area contributed by atoms with Crippen molar-refractivity contribution >= 4 is 17.7 Å². The highest BCUT2D eigenvalue weighted by molar-refractivity contribution is 6.30. The van der Waals surface area contributed by atoms with E-state index in [1.807, 2.05) is 0 Å². The van der Waals surface area contributed by atoms with Gasteiger partial charge in [0.2, 0.25) is 0 Å². The molecule has 0 aromatic heterocycles. The standard InChI is InChI=1S/C9H6ClF2NO2/c10-7-5(11)2-1-4(8(7)12)6-3-13-9(14)15-6/h1-2,6H,3H2,(H,13,14). The van der Waals surface area contributed by atoms with Crippen LogP contribution in [-0.2, 0) is 4.74 Å². The Balaban J connectivity index is 2.37. The van der Waals surface area contributed by atoms with Crippen molar-refractivity contribution < 1.29 is 18.3 Å². The van der Waals surface area contributed by atoms with Gasteiger partial charge in [-0.25, -0.2) is 13.6 Å². The molecule has 1 aromatic rings.